The Labute approximate surface area is 496 Å². The number of nitrogens with one attached hydrogen (secondary N) is 4. The number of aliphatic hydroxyl groups is 2. The molecule has 75 heavy (non-hydrogen) atoms. The summed E-state index contributed by atoms with van der Waals surface area (Å²) in [6.07, 6.45) is 0.899. The van der Waals surface area contributed by atoms with Gasteiger partial charge in [-0.1, -0.05) is 10.3 Å². The van der Waals surface area contributed by atoms with Gasteiger partial charge < -0.3 is 59.9 Å². The minimum atomic E-state index is -4.98. The Morgan fingerprint density at radius 1 is 0.693 bits per heavy atom. The van der Waals surface area contributed by atoms with Crippen molar-refractivity contribution in [1.29, 1.82) is 0 Å². The monoisotopic (exact) mass is 1580 g/mol. The molecule has 8 N–H and O–H groups in total. The largest absolute Gasteiger partial charge is 0.495 e. The molecule has 0 unspecified atom stereocenters. The molecule has 0 bridgehead atoms. The van der Waals surface area contributed by atoms with E-state index in [1.807, 2.05) is 4.72 Å². The molecule has 408 valence electrons. The van der Waals surface area contributed by atoms with Crippen molar-refractivity contribution in [3.05, 3.63) is 94.9 Å². The highest BCUT2D eigenvalue weighted by Gasteiger charge is 2.52. The van der Waals surface area contributed by atoms with Gasteiger partial charge in [-0.15, -0.1) is 0 Å². The third kappa shape index (κ3) is 15.0. The van der Waals surface area contributed by atoms with Crippen molar-refractivity contribution in [2.24, 2.45) is 10.3 Å². The average Bonchev–Trinajstić information content (AvgIpc) is 3.96. The summed E-state index contributed by atoms with van der Waals surface area (Å²) < 4.78 is 61.5. The molecule has 0 saturated carbocycles. The molecule has 2 aliphatic carbocycles. The molecule has 6 rings (SSSR count). The molecule has 22 nitrogen and oxygen atoms in total. The minimum absolute atomic E-state index is 0.00773. The van der Waals surface area contributed by atoms with Crippen LogP contribution in [0.5, 0.6) is 11.5 Å². The van der Waals surface area contributed by atoms with Crippen LogP contribution in [0.2, 0.25) is 0 Å². The van der Waals surface area contributed by atoms with E-state index in [0.29, 0.717) is 82.8 Å². The summed E-state index contributed by atoms with van der Waals surface area (Å²) in [6, 6.07) is 3.03. The molecule has 3 amide bonds. The Morgan fingerprint density at radius 2 is 1.08 bits per heavy atom. The highest BCUT2D eigenvalue weighted by Crippen LogP contribution is 2.46. The smallest absolute Gasteiger partial charge is 0.334 e. The highest BCUT2D eigenvalue weighted by atomic mass is 79.9. The number of nitrogens with zero attached hydrogens (tertiary/aromatic N) is 2. The van der Waals surface area contributed by atoms with Crippen molar-refractivity contribution >= 4 is 173 Å². The van der Waals surface area contributed by atoms with Crippen LogP contribution in [-0.2, 0) is 61.5 Å². The zero-order valence-electron chi connectivity index (χ0n) is 38.9. The number of hydrogen-bond donors (Lipinski definition) is 8. The van der Waals surface area contributed by atoms with Crippen molar-refractivity contribution in [2.75, 3.05) is 40.5 Å². The first-order valence-corrected chi connectivity index (χ1v) is 29.7. The fourth-order valence-electron chi connectivity index (χ4n) is 7.79. The van der Waals surface area contributed by atoms with Crippen molar-refractivity contribution in [3.8, 4) is 11.5 Å². The van der Waals surface area contributed by atoms with Crippen LogP contribution in [0.1, 0.15) is 36.8 Å². The summed E-state index contributed by atoms with van der Waals surface area (Å²) >= 11 is 27.2. The lowest BCUT2D eigenvalue weighted by atomic mass is 9.87. The summed E-state index contributed by atoms with van der Waals surface area (Å²) in [6.45, 7) is 0.644. The van der Waals surface area contributed by atoms with Crippen LogP contribution in [0.3, 0.4) is 0 Å². The van der Waals surface area contributed by atoms with Gasteiger partial charge in [0.15, 0.2) is 11.2 Å². The molecule has 2 heterocycles. The van der Waals surface area contributed by atoms with Gasteiger partial charge in [0.25, 0.3) is 11.8 Å². The molecule has 2 aliphatic heterocycles. The number of carboxylic acid groups (broad SMARTS) is 1. The van der Waals surface area contributed by atoms with Crippen LogP contribution in [0.25, 0.3) is 0 Å². The first kappa shape index (κ1) is 61.3. The predicted molar refractivity (Wildman–Crippen MR) is 299 cm³/mol. The summed E-state index contributed by atoms with van der Waals surface area (Å²) in [7, 11) is -2.08. The second-order valence-electron chi connectivity index (χ2n) is 16.7. The number of benzene rings is 2. The van der Waals surface area contributed by atoms with Gasteiger partial charge in [-0.2, -0.15) is 13.1 Å². The van der Waals surface area contributed by atoms with Crippen molar-refractivity contribution < 1.29 is 76.1 Å². The Hall–Kier alpha value is -2.95. The first-order valence-electron chi connectivity index (χ1n) is 21.9. The summed E-state index contributed by atoms with van der Waals surface area (Å²) in [5.74, 6) is -2.00. The number of aliphatic hydroxyl groups excluding tert-OH is 2. The number of rotatable bonds is 23. The van der Waals surface area contributed by atoms with Gasteiger partial charge in [-0.25, -0.2) is 4.79 Å². The molecule has 4 aliphatic rings. The van der Waals surface area contributed by atoms with Crippen LogP contribution in [0, 0.1) is 0 Å². The highest BCUT2D eigenvalue weighted by molar-refractivity contribution is 9.13. The number of carboxylic acids is 1. The Kier molecular flexibility index (Phi) is 21.5. The minimum Gasteiger partial charge on any atom is -0.495 e. The predicted octanol–water partition coefficient (Wildman–Crippen LogP) is 6.47. The van der Waals surface area contributed by atoms with E-state index in [1.54, 1.807) is 36.4 Å². The van der Waals surface area contributed by atoms with Gasteiger partial charge in [0.2, 0.25) is 5.91 Å². The van der Waals surface area contributed by atoms with Gasteiger partial charge in [0, 0.05) is 32.4 Å². The lowest BCUT2D eigenvalue weighted by Gasteiger charge is -2.33. The number of oxime groups is 2. The third-order valence-corrected chi connectivity index (χ3v) is 17.1. The molecule has 0 aromatic heterocycles. The van der Waals surface area contributed by atoms with Gasteiger partial charge in [-0.3, -0.25) is 18.9 Å². The molecule has 31 heteroatoms. The second kappa shape index (κ2) is 26.3. The second-order valence-corrected chi connectivity index (χ2v) is 24.7. The third-order valence-electron chi connectivity index (χ3n) is 11.4. The maximum Gasteiger partial charge on any atom is 0.334 e. The topological polar surface area (TPSA) is 312 Å². The number of allylic oxidation sites excluding steroid dienone is 2. The van der Waals surface area contributed by atoms with E-state index in [-0.39, 0.29) is 63.4 Å². The number of aliphatic carboxylic acids is 1. The quantitative estimate of drug-likeness (QED) is 0.0437. The molecule has 0 radical (unpaired) electrons. The fourth-order valence-corrected chi connectivity index (χ4v) is 14.9. The van der Waals surface area contributed by atoms with Crippen molar-refractivity contribution in [2.45, 2.75) is 74.0 Å². The zero-order chi connectivity index (χ0) is 55.2. The van der Waals surface area contributed by atoms with E-state index in [9.17, 15) is 47.5 Å². The number of amides is 3. The Balaban J connectivity index is 0.969. The lowest BCUT2D eigenvalue weighted by Crippen LogP contribution is -2.52. The van der Waals surface area contributed by atoms with Crippen LogP contribution < -0.4 is 30.1 Å². The lowest BCUT2D eigenvalue weighted by molar-refractivity contribution is -0.142. The van der Waals surface area contributed by atoms with E-state index in [1.165, 1.54) is 14.2 Å². The van der Waals surface area contributed by atoms with E-state index >= 15 is 0 Å². The summed E-state index contributed by atoms with van der Waals surface area (Å²) in [5.41, 5.74) is -1.67. The van der Waals surface area contributed by atoms with Gasteiger partial charge in [0.1, 0.15) is 58.7 Å². The van der Waals surface area contributed by atoms with E-state index in [2.05, 4.69) is 154 Å². The average molecular weight is 1580 g/mol. The van der Waals surface area contributed by atoms with Gasteiger partial charge in [-0.05, 0) is 194 Å². The molecule has 0 saturated heterocycles. The summed E-state index contributed by atoms with van der Waals surface area (Å²) in [4.78, 5) is 63.0. The normalized spacial score (nSPS) is 22.0. The Morgan fingerprint density at radius 3 is 1.44 bits per heavy atom. The van der Waals surface area contributed by atoms with E-state index in [0.717, 1.165) is 0 Å². The zero-order valence-corrected chi connectivity index (χ0v) is 52.4. The van der Waals surface area contributed by atoms with Crippen molar-refractivity contribution in [1.82, 2.24) is 20.7 Å². The number of ether oxygens (including phenoxy) is 4. The number of hydrogen-bond acceptors (Lipinski definition) is 16. The SMILES string of the molecule is COC1=C(Br)[C@@H](O)[C@]2(C=C1Br)CC(C(=O)NCCCOc1c(Br)cc(C[C@H](NS(=O)(=O)O)C(=O)N[C@H](Cc3cc(Br)c(OCCCNC(=O)C4=NO[C@@]5(C=C(Br)C(OC)=C(Br)[C@H]5O)C4)c(Br)c3)C(=O)O)cc1Br)=NO2. The van der Waals surface area contributed by atoms with E-state index in [4.69, 9.17) is 28.6 Å². The fraction of sp³-hybridized carbons (Fsp3) is 0.409. The maximum absolute atomic E-state index is 13.6. The number of carbonyl (C=O) groups is 4. The maximum atomic E-state index is 13.6. The molecule has 2 aromatic rings. The standard InChI is InChI=1S/C44H44Br8N6O16S/c1-69-35-25(49)15-43(37(59)31(35)51)17-29(56-73-43)39(61)53-5-3-7-71-33-21(45)9-19(10-22(33)46)13-27(58-75(66,67)68)41(63)55-28(42(64)65)14-20-11-23(47)34(24(48)12-20)72-8-4-6-54-40(62)30-18-44(74-57-30)16-26(50)36(70-2)32(52)38(44)60/h9-12,15-16,27-28,37-38,58-60H,3-8,13-14,17-18H2,1-2H3,(H,53,61)(H,54,62)(H,55,63)(H,64,65)(H,66,67,68)/t27-,28+,37+,38+,43-,44-/m0/s1. The number of methoxy groups -OCH3 is 2. The Bertz CT molecular complexity index is 2880. The van der Waals surface area contributed by atoms with Crippen molar-refractivity contribution in [3.63, 3.8) is 0 Å². The van der Waals surface area contributed by atoms with Crippen LogP contribution in [0.4, 0.5) is 0 Å². The summed E-state index contributed by atoms with van der Waals surface area (Å²) in [5, 5.41) is 47.6. The number of carbonyl (C=O) groups excluding carboxylic acids is 3. The molecule has 2 spiro atoms. The van der Waals surface area contributed by atoms with Crippen LogP contribution in [0.15, 0.2) is 94.1 Å². The van der Waals surface area contributed by atoms with Crippen LogP contribution in [-0.4, -0.2) is 139 Å². The van der Waals surface area contributed by atoms with Crippen LogP contribution >= 0.6 is 127 Å². The first-order chi connectivity index (χ1) is 35.3. The molecule has 2 aromatic carbocycles. The molecular formula is C44H44Br8N6O16S. The van der Waals surface area contributed by atoms with E-state index < -0.39 is 69.5 Å². The molecule has 6 atom stereocenters. The molecule has 0 fully saturated rings. The number of halogens is 8. The van der Waals surface area contributed by atoms with Gasteiger partial charge in [0.05, 0.1) is 63.3 Å². The molecular weight excluding hydrogens is 1540 g/mol. The van der Waals surface area contributed by atoms with Gasteiger partial charge >= 0.3 is 16.3 Å².